The highest BCUT2D eigenvalue weighted by molar-refractivity contribution is 7.89. The molecule has 0 unspecified atom stereocenters. The number of aryl methyl sites for hydroxylation is 1. The van der Waals surface area contributed by atoms with Gasteiger partial charge >= 0.3 is 0 Å². The van der Waals surface area contributed by atoms with E-state index < -0.39 is 10.0 Å². The summed E-state index contributed by atoms with van der Waals surface area (Å²) in [7, 11) is -3.40. The van der Waals surface area contributed by atoms with Crippen LogP contribution < -0.4 is 0 Å². The molecule has 1 heterocycles. The van der Waals surface area contributed by atoms with Crippen LogP contribution in [0.25, 0.3) is 0 Å². The fourth-order valence-electron chi connectivity index (χ4n) is 2.23. The molecule has 1 aromatic rings. The van der Waals surface area contributed by atoms with Gasteiger partial charge in [0.2, 0.25) is 10.0 Å². The average molecular weight is 277 g/mol. The normalized spacial score (nSPS) is 19.9. The third-order valence-corrected chi connectivity index (χ3v) is 5.32. The maximum atomic E-state index is 12.5. The Labute approximate surface area is 115 Å². The number of benzene rings is 1. The van der Waals surface area contributed by atoms with Crippen molar-refractivity contribution in [1.29, 1.82) is 0 Å². The standard InChI is InChI=1S/C15H19NO2S/c1-4-14-9-10-16(11-13(14)3)19(17,18)15-7-5-12(2)6-8-15/h4-8H,3,9-11H2,1-2H3/b14-4+. The Bertz CT molecular complexity index is 612. The Hall–Kier alpha value is -1.39. The average Bonchev–Trinajstić information content (AvgIpc) is 2.39. The van der Waals surface area contributed by atoms with E-state index in [1.807, 2.05) is 32.1 Å². The molecule has 0 radical (unpaired) electrons. The molecule has 0 amide bonds. The van der Waals surface area contributed by atoms with Crippen LogP contribution in [-0.2, 0) is 10.0 Å². The highest BCUT2D eigenvalue weighted by Crippen LogP contribution is 2.26. The van der Waals surface area contributed by atoms with Crippen LogP contribution in [0.1, 0.15) is 18.9 Å². The quantitative estimate of drug-likeness (QED) is 0.833. The summed E-state index contributed by atoms with van der Waals surface area (Å²) in [5.41, 5.74) is 3.11. The lowest BCUT2D eigenvalue weighted by atomic mass is 10.0. The molecule has 0 aromatic heterocycles. The van der Waals surface area contributed by atoms with Crippen molar-refractivity contribution in [3.8, 4) is 0 Å². The SMILES string of the molecule is C=C1CN(S(=O)(=O)c2ccc(C)cc2)CC/C1=C\C. The zero-order chi connectivity index (χ0) is 14.0. The molecule has 0 spiro atoms. The lowest BCUT2D eigenvalue weighted by molar-refractivity contribution is 0.421. The number of nitrogens with zero attached hydrogens (tertiary/aromatic N) is 1. The van der Waals surface area contributed by atoms with Crippen molar-refractivity contribution in [1.82, 2.24) is 4.31 Å². The topological polar surface area (TPSA) is 37.4 Å². The molecule has 4 heteroatoms. The Morgan fingerprint density at radius 3 is 2.42 bits per heavy atom. The third-order valence-electron chi connectivity index (χ3n) is 3.46. The van der Waals surface area contributed by atoms with Crippen LogP contribution >= 0.6 is 0 Å². The number of piperidine rings is 1. The van der Waals surface area contributed by atoms with E-state index in [-0.39, 0.29) is 0 Å². The Kier molecular flexibility index (Phi) is 3.92. The van der Waals surface area contributed by atoms with Crippen LogP contribution in [0.3, 0.4) is 0 Å². The summed E-state index contributed by atoms with van der Waals surface area (Å²) in [5.74, 6) is 0. The summed E-state index contributed by atoms with van der Waals surface area (Å²) in [6.07, 6.45) is 2.75. The highest BCUT2D eigenvalue weighted by atomic mass is 32.2. The summed E-state index contributed by atoms with van der Waals surface area (Å²) in [4.78, 5) is 0.356. The fourth-order valence-corrected chi connectivity index (χ4v) is 3.66. The predicted octanol–water partition coefficient (Wildman–Crippen LogP) is 2.89. The van der Waals surface area contributed by atoms with E-state index in [0.29, 0.717) is 18.0 Å². The van der Waals surface area contributed by atoms with Crippen molar-refractivity contribution < 1.29 is 8.42 Å². The minimum absolute atomic E-state index is 0.356. The van der Waals surface area contributed by atoms with Crippen molar-refractivity contribution in [3.05, 3.63) is 53.6 Å². The van der Waals surface area contributed by atoms with Gasteiger partial charge in [-0.2, -0.15) is 4.31 Å². The maximum absolute atomic E-state index is 12.5. The molecule has 1 aliphatic heterocycles. The summed E-state index contributed by atoms with van der Waals surface area (Å²) < 4.78 is 26.5. The summed E-state index contributed by atoms with van der Waals surface area (Å²) in [6, 6.07) is 6.98. The summed E-state index contributed by atoms with van der Waals surface area (Å²) in [5, 5.41) is 0. The van der Waals surface area contributed by atoms with E-state index in [1.54, 1.807) is 12.1 Å². The van der Waals surface area contributed by atoms with E-state index in [1.165, 1.54) is 4.31 Å². The molecular formula is C15H19NO2S. The highest BCUT2D eigenvalue weighted by Gasteiger charge is 2.28. The molecule has 0 aliphatic carbocycles. The van der Waals surface area contributed by atoms with Crippen LogP contribution in [-0.4, -0.2) is 25.8 Å². The number of hydrogen-bond donors (Lipinski definition) is 0. The zero-order valence-corrected chi connectivity index (χ0v) is 12.2. The zero-order valence-electron chi connectivity index (χ0n) is 11.4. The van der Waals surface area contributed by atoms with Gasteiger partial charge in [0.15, 0.2) is 0 Å². The molecule has 19 heavy (non-hydrogen) atoms. The Morgan fingerprint density at radius 1 is 1.26 bits per heavy atom. The van der Waals surface area contributed by atoms with Crippen LogP contribution in [0.5, 0.6) is 0 Å². The molecule has 0 N–H and O–H groups in total. The maximum Gasteiger partial charge on any atom is 0.243 e. The third kappa shape index (κ3) is 2.80. The van der Waals surface area contributed by atoms with Crippen LogP contribution in [0.4, 0.5) is 0 Å². The molecule has 0 bridgehead atoms. The van der Waals surface area contributed by atoms with Gasteiger partial charge in [-0.3, -0.25) is 0 Å². The molecule has 102 valence electrons. The largest absolute Gasteiger partial charge is 0.243 e. The van der Waals surface area contributed by atoms with Crippen molar-refractivity contribution in [2.24, 2.45) is 0 Å². The lowest BCUT2D eigenvalue weighted by Crippen LogP contribution is -2.37. The number of hydrogen-bond acceptors (Lipinski definition) is 2. The number of sulfonamides is 1. The van der Waals surface area contributed by atoms with Gasteiger partial charge in [-0.15, -0.1) is 0 Å². The first-order valence-electron chi connectivity index (χ1n) is 6.35. The minimum Gasteiger partial charge on any atom is -0.207 e. The van der Waals surface area contributed by atoms with E-state index in [9.17, 15) is 8.42 Å². The van der Waals surface area contributed by atoms with Gasteiger partial charge in [-0.1, -0.05) is 30.4 Å². The number of rotatable bonds is 2. The summed E-state index contributed by atoms with van der Waals surface area (Å²) in [6.45, 7) is 8.78. The molecule has 0 saturated carbocycles. The van der Waals surface area contributed by atoms with Gasteiger partial charge in [0, 0.05) is 13.1 Å². The molecule has 1 saturated heterocycles. The molecule has 0 atom stereocenters. The Balaban J connectivity index is 2.27. The van der Waals surface area contributed by atoms with Crippen LogP contribution in [0.15, 0.2) is 53.0 Å². The minimum atomic E-state index is -3.40. The summed E-state index contributed by atoms with van der Waals surface area (Å²) >= 11 is 0. The van der Waals surface area contributed by atoms with E-state index in [4.69, 9.17) is 0 Å². The molecule has 1 aliphatic rings. The first kappa shape index (κ1) is 14.0. The van der Waals surface area contributed by atoms with Crippen LogP contribution in [0.2, 0.25) is 0 Å². The second kappa shape index (κ2) is 5.31. The lowest BCUT2D eigenvalue weighted by Gasteiger charge is -2.29. The van der Waals surface area contributed by atoms with Gasteiger partial charge in [0.1, 0.15) is 0 Å². The molecule has 2 rings (SSSR count). The van der Waals surface area contributed by atoms with Gasteiger partial charge in [-0.05, 0) is 43.5 Å². The number of allylic oxidation sites excluding steroid dienone is 1. The van der Waals surface area contributed by atoms with Gasteiger partial charge < -0.3 is 0 Å². The van der Waals surface area contributed by atoms with Crippen molar-refractivity contribution in [3.63, 3.8) is 0 Å². The smallest absolute Gasteiger partial charge is 0.207 e. The van der Waals surface area contributed by atoms with Gasteiger partial charge in [-0.25, -0.2) is 8.42 Å². The molecule has 1 fully saturated rings. The van der Waals surface area contributed by atoms with Crippen molar-refractivity contribution >= 4 is 10.0 Å². The Morgan fingerprint density at radius 2 is 1.89 bits per heavy atom. The molecule has 1 aromatic carbocycles. The van der Waals surface area contributed by atoms with Gasteiger partial charge in [0.25, 0.3) is 0 Å². The molecular weight excluding hydrogens is 258 g/mol. The van der Waals surface area contributed by atoms with E-state index >= 15 is 0 Å². The predicted molar refractivity (Wildman–Crippen MR) is 77.5 cm³/mol. The fraction of sp³-hybridized carbons (Fsp3) is 0.333. The van der Waals surface area contributed by atoms with E-state index in [2.05, 4.69) is 6.58 Å². The monoisotopic (exact) mass is 277 g/mol. The van der Waals surface area contributed by atoms with E-state index in [0.717, 1.165) is 23.1 Å². The van der Waals surface area contributed by atoms with Gasteiger partial charge in [0.05, 0.1) is 4.90 Å². The second-order valence-corrected chi connectivity index (χ2v) is 6.76. The molecule has 3 nitrogen and oxygen atoms in total. The van der Waals surface area contributed by atoms with Crippen molar-refractivity contribution in [2.75, 3.05) is 13.1 Å². The van der Waals surface area contributed by atoms with Crippen LogP contribution in [0, 0.1) is 6.92 Å². The van der Waals surface area contributed by atoms with Crippen molar-refractivity contribution in [2.45, 2.75) is 25.2 Å². The first-order valence-corrected chi connectivity index (χ1v) is 7.79. The second-order valence-electron chi connectivity index (χ2n) is 4.82. The first-order chi connectivity index (χ1) is 8.95.